The zero-order valence-electron chi connectivity index (χ0n) is 35.2. The molecule has 19 heteroatoms. The zero-order valence-corrected chi connectivity index (χ0v) is 35.2. The van der Waals surface area contributed by atoms with Gasteiger partial charge in [-0.15, -0.1) is 0 Å². The number of aliphatic hydroxyl groups excluding tert-OH is 11. The van der Waals surface area contributed by atoms with E-state index in [4.69, 9.17) is 28.4 Å². The molecule has 0 aromatic rings. The molecule has 0 saturated carbocycles. The number of ether oxygens (including phenoxy) is 6. The highest BCUT2D eigenvalue weighted by molar-refractivity contribution is 5.76. The van der Waals surface area contributed by atoms with Crippen molar-refractivity contribution >= 4 is 5.91 Å². The first-order chi connectivity index (χ1) is 28.8. The van der Waals surface area contributed by atoms with Crippen LogP contribution in [0.3, 0.4) is 0 Å². The molecule has 3 rings (SSSR count). The molecule has 352 valence electrons. The smallest absolute Gasteiger partial charge is 0.220 e. The molecule has 0 spiro atoms. The van der Waals surface area contributed by atoms with Crippen LogP contribution in [0.1, 0.15) is 110 Å². The van der Waals surface area contributed by atoms with Gasteiger partial charge in [0.25, 0.3) is 0 Å². The summed E-state index contributed by atoms with van der Waals surface area (Å²) in [5, 5.41) is 118. The third-order valence-corrected chi connectivity index (χ3v) is 11.3. The van der Waals surface area contributed by atoms with Crippen LogP contribution in [0.4, 0.5) is 0 Å². The van der Waals surface area contributed by atoms with Crippen LogP contribution in [0, 0.1) is 0 Å². The molecule has 0 bridgehead atoms. The number of allylic oxidation sites excluding steroid dienone is 1. The van der Waals surface area contributed by atoms with Crippen LogP contribution in [0.5, 0.6) is 0 Å². The Morgan fingerprint density at radius 3 is 1.53 bits per heavy atom. The first-order valence-electron chi connectivity index (χ1n) is 21.9. The number of carbonyl (C=O) groups excluding carboxylic acids is 1. The lowest BCUT2D eigenvalue weighted by molar-refractivity contribution is -0.379. The number of aliphatic hydroxyl groups is 11. The van der Waals surface area contributed by atoms with Gasteiger partial charge in [-0.1, -0.05) is 96.6 Å². The molecule has 3 heterocycles. The second-order valence-corrected chi connectivity index (χ2v) is 16.2. The number of carbonyl (C=O) groups is 1. The van der Waals surface area contributed by atoms with Crippen molar-refractivity contribution in [3.8, 4) is 0 Å². The Morgan fingerprint density at radius 1 is 0.583 bits per heavy atom. The molecule has 12 N–H and O–H groups in total. The van der Waals surface area contributed by atoms with Crippen LogP contribution in [0.2, 0.25) is 0 Å². The van der Waals surface area contributed by atoms with E-state index in [1.807, 2.05) is 13.0 Å². The van der Waals surface area contributed by atoms with Gasteiger partial charge in [-0.2, -0.15) is 0 Å². The monoisotopic (exact) mass is 869 g/mol. The largest absolute Gasteiger partial charge is 0.394 e. The maximum atomic E-state index is 12.5. The standard InChI is InChI=1S/C41H75NO18/c1-3-5-6-7-8-9-10-11-12-13-14-15-16-17-19-25(46)24(42-29(47)18-4-2)23-55-39-35(53)32(50)37(27(21-44)57-39)60-41-36(54)33(51)38(28(22-45)58-41)59-40-34(52)31(49)30(48)26(20-43)56-40/h17,19,24-28,30-41,43-46,48-54H,3-16,18,20-23H2,1-2H3,(H,42,47)/b19-17+. The third kappa shape index (κ3) is 16.0. The predicted octanol–water partition coefficient (Wildman–Crippen LogP) is -1.26. The molecule has 19 nitrogen and oxygen atoms in total. The molecule has 3 aliphatic rings. The minimum Gasteiger partial charge on any atom is -0.394 e. The van der Waals surface area contributed by atoms with E-state index in [2.05, 4.69) is 12.2 Å². The number of nitrogens with one attached hydrogen (secondary N) is 1. The Balaban J connectivity index is 1.53. The van der Waals surface area contributed by atoms with Crippen molar-refractivity contribution in [3.63, 3.8) is 0 Å². The fourth-order valence-corrected chi connectivity index (χ4v) is 7.58. The van der Waals surface area contributed by atoms with E-state index >= 15 is 0 Å². The molecule has 17 atom stereocenters. The van der Waals surface area contributed by atoms with Gasteiger partial charge in [0, 0.05) is 6.42 Å². The first-order valence-corrected chi connectivity index (χ1v) is 21.9. The molecule has 1 amide bonds. The number of unbranched alkanes of at least 4 members (excludes halogenated alkanes) is 12. The van der Waals surface area contributed by atoms with Gasteiger partial charge in [-0.05, 0) is 19.3 Å². The molecular weight excluding hydrogens is 794 g/mol. The lowest BCUT2D eigenvalue weighted by atomic mass is 9.96. The summed E-state index contributed by atoms with van der Waals surface area (Å²) in [5.74, 6) is -0.332. The number of amides is 1. The molecule has 3 saturated heterocycles. The number of rotatable bonds is 28. The van der Waals surface area contributed by atoms with Gasteiger partial charge in [-0.25, -0.2) is 0 Å². The topological polar surface area (TPSA) is 307 Å². The summed E-state index contributed by atoms with van der Waals surface area (Å²) in [4.78, 5) is 12.5. The third-order valence-electron chi connectivity index (χ3n) is 11.3. The van der Waals surface area contributed by atoms with E-state index in [1.54, 1.807) is 6.08 Å². The first kappa shape index (κ1) is 52.9. The normalized spacial score (nSPS) is 36.0. The summed E-state index contributed by atoms with van der Waals surface area (Å²) in [6.07, 6.45) is -7.06. The minimum atomic E-state index is -1.97. The molecule has 17 unspecified atom stereocenters. The van der Waals surface area contributed by atoms with Crippen LogP contribution < -0.4 is 5.32 Å². The molecule has 0 aromatic heterocycles. The van der Waals surface area contributed by atoms with Crippen LogP contribution in [-0.2, 0) is 33.2 Å². The summed E-state index contributed by atoms with van der Waals surface area (Å²) >= 11 is 0. The van der Waals surface area contributed by atoms with Crippen LogP contribution in [0.15, 0.2) is 12.2 Å². The van der Waals surface area contributed by atoms with Crippen LogP contribution in [-0.4, -0.2) is 193 Å². The molecule has 3 aliphatic heterocycles. The Bertz CT molecular complexity index is 1180. The Kier molecular flexibility index (Phi) is 25.0. The Labute approximate surface area is 353 Å². The number of hydrogen-bond donors (Lipinski definition) is 12. The fourth-order valence-electron chi connectivity index (χ4n) is 7.58. The molecule has 0 aliphatic carbocycles. The lowest BCUT2D eigenvalue weighted by Crippen LogP contribution is -2.66. The highest BCUT2D eigenvalue weighted by Gasteiger charge is 2.53. The maximum Gasteiger partial charge on any atom is 0.220 e. The SMILES string of the molecule is CCCCCCCCCCCCCC/C=C/C(O)C(COC1OC(CO)C(OC2OC(CO)C(OC3OC(CO)C(O)C(O)C3O)C(O)C2O)C(O)C1O)NC(=O)CCC. The van der Waals surface area contributed by atoms with E-state index in [0.29, 0.717) is 6.42 Å². The molecule has 60 heavy (non-hydrogen) atoms. The Hall–Kier alpha value is -1.47. The van der Waals surface area contributed by atoms with Gasteiger partial charge in [0.15, 0.2) is 18.9 Å². The molecule has 0 radical (unpaired) electrons. The summed E-state index contributed by atoms with van der Waals surface area (Å²) in [7, 11) is 0. The van der Waals surface area contributed by atoms with E-state index < -0.39 is 124 Å². The van der Waals surface area contributed by atoms with Crippen molar-refractivity contribution in [1.82, 2.24) is 5.32 Å². The van der Waals surface area contributed by atoms with Gasteiger partial charge in [0.1, 0.15) is 73.2 Å². The van der Waals surface area contributed by atoms with Gasteiger partial charge in [-0.3, -0.25) is 4.79 Å². The lowest BCUT2D eigenvalue weighted by Gasteiger charge is -2.48. The highest BCUT2D eigenvalue weighted by Crippen LogP contribution is 2.33. The van der Waals surface area contributed by atoms with Crippen molar-refractivity contribution in [2.75, 3.05) is 26.4 Å². The van der Waals surface area contributed by atoms with Crippen LogP contribution in [0.25, 0.3) is 0 Å². The van der Waals surface area contributed by atoms with Crippen molar-refractivity contribution in [2.24, 2.45) is 0 Å². The number of hydrogen-bond acceptors (Lipinski definition) is 18. The van der Waals surface area contributed by atoms with E-state index in [0.717, 1.165) is 25.7 Å². The Morgan fingerprint density at radius 2 is 1.03 bits per heavy atom. The van der Waals surface area contributed by atoms with E-state index in [9.17, 15) is 61.0 Å². The summed E-state index contributed by atoms with van der Waals surface area (Å²) in [6, 6.07) is -0.961. The molecule has 3 fully saturated rings. The quantitative estimate of drug-likeness (QED) is 0.0323. The van der Waals surface area contributed by atoms with Gasteiger partial charge in [0.2, 0.25) is 5.91 Å². The van der Waals surface area contributed by atoms with Gasteiger partial charge >= 0.3 is 0 Å². The second-order valence-electron chi connectivity index (χ2n) is 16.2. The summed E-state index contributed by atoms with van der Waals surface area (Å²) in [5.41, 5.74) is 0. The van der Waals surface area contributed by atoms with Crippen molar-refractivity contribution < 1.29 is 89.4 Å². The fraction of sp³-hybridized carbons (Fsp3) is 0.927. The van der Waals surface area contributed by atoms with Crippen molar-refractivity contribution in [2.45, 2.75) is 214 Å². The average molecular weight is 870 g/mol. The summed E-state index contributed by atoms with van der Waals surface area (Å²) < 4.78 is 33.7. The molecular formula is C41H75NO18. The van der Waals surface area contributed by atoms with Crippen molar-refractivity contribution in [1.29, 1.82) is 0 Å². The van der Waals surface area contributed by atoms with E-state index in [-0.39, 0.29) is 18.9 Å². The zero-order chi connectivity index (χ0) is 44.2. The van der Waals surface area contributed by atoms with Gasteiger partial charge in [0.05, 0.1) is 38.6 Å². The average Bonchev–Trinajstić information content (AvgIpc) is 3.24. The van der Waals surface area contributed by atoms with Crippen LogP contribution >= 0.6 is 0 Å². The maximum absolute atomic E-state index is 12.5. The highest BCUT2D eigenvalue weighted by atomic mass is 16.8. The second kappa shape index (κ2) is 28.3. The summed E-state index contributed by atoms with van der Waals surface area (Å²) in [6.45, 7) is 1.28. The molecule has 0 aromatic carbocycles. The van der Waals surface area contributed by atoms with Crippen molar-refractivity contribution in [3.05, 3.63) is 12.2 Å². The van der Waals surface area contributed by atoms with E-state index in [1.165, 1.54) is 57.8 Å². The predicted molar refractivity (Wildman–Crippen MR) is 213 cm³/mol. The minimum absolute atomic E-state index is 0.195. The van der Waals surface area contributed by atoms with Gasteiger partial charge < -0.3 is 89.9 Å².